The molecule has 0 fully saturated rings. The number of ether oxygens (including phenoxy) is 1. The molecule has 3 rings (SSSR count). The average Bonchev–Trinajstić information content (AvgIpc) is 2.70. The number of hydrogen-bond donors (Lipinski definition) is 1. The Morgan fingerprint density at radius 2 is 1.63 bits per heavy atom. The minimum Gasteiger partial charge on any atom is -0.457 e. The van der Waals surface area contributed by atoms with Crippen LogP contribution in [0.4, 0.5) is 0 Å². The van der Waals surface area contributed by atoms with Crippen LogP contribution in [-0.4, -0.2) is 17.4 Å². The van der Waals surface area contributed by atoms with Crippen molar-refractivity contribution in [2.45, 2.75) is 17.1 Å². The first-order valence-corrected chi connectivity index (χ1v) is 9.46. The van der Waals surface area contributed by atoms with Gasteiger partial charge < -0.3 is 4.74 Å². The highest BCUT2D eigenvalue weighted by Gasteiger charge is 2.13. The fourth-order valence-corrected chi connectivity index (χ4v) is 3.18. The lowest BCUT2D eigenvalue weighted by atomic mass is 10.2. The van der Waals surface area contributed by atoms with Crippen molar-refractivity contribution in [2.24, 2.45) is 5.10 Å². The van der Waals surface area contributed by atoms with E-state index in [0.717, 1.165) is 16.2 Å². The second kappa shape index (κ2) is 9.59. The normalized spacial score (nSPS) is 11.9. The first-order valence-electron chi connectivity index (χ1n) is 8.58. The largest absolute Gasteiger partial charge is 0.457 e. The monoisotopic (exact) mass is 376 g/mol. The number of rotatable bonds is 7. The molecule has 0 aliphatic rings. The van der Waals surface area contributed by atoms with Crippen LogP contribution in [0.2, 0.25) is 0 Å². The highest BCUT2D eigenvalue weighted by atomic mass is 32.2. The Balaban J connectivity index is 1.54. The number of thioether (sulfide) groups is 1. The van der Waals surface area contributed by atoms with Crippen molar-refractivity contribution >= 4 is 23.9 Å². The first kappa shape index (κ1) is 18.7. The highest BCUT2D eigenvalue weighted by molar-refractivity contribution is 8.00. The summed E-state index contributed by atoms with van der Waals surface area (Å²) in [5.41, 5.74) is 3.43. The zero-order valence-electron chi connectivity index (χ0n) is 14.9. The van der Waals surface area contributed by atoms with E-state index in [0.29, 0.717) is 5.75 Å². The van der Waals surface area contributed by atoms with Gasteiger partial charge in [-0.25, -0.2) is 5.43 Å². The summed E-state index contributed by atoms with van der Waals surface area (Å²) >= 11 is 1.50. The summed E-state index contributed by atoms with van der Waals surface area (Å²) in [5, 5.41) is 3.82. The number of carbonyl (C=O) groups is 1. The smallest absolute Gasteiger partial charge is 0.253 e. The predicted octanol–water partition coefficient (Wildman–Crippen LogP) is 5.11. The molecule has 0 saturated carbocycles. The molecule has 0 bridgehead atoms. The van der Waals surface area contributed by atoms with E-state index in [9.17, 15) is 4.79 Å². The third-order valence-electron chi connectivity index (χ3n) is 3.65. The summed E-state index contributed by atoms with van der Waals surface area (Å²) in [6.45, 7) is 1.86. The number of benzene rings is 3. The van der Waals surface area contributed by atoms with Crippen molar-refractivity contribution in [3.05, 3.63) is 90.5 Å². The van der Waals surface area contributed by atoms with Crippen molar-refractivity contribution in [1.29, 1.82) is 0 Å². The van der Waals surface area contributed by atoms with Gasteiger partial charge in [-0.2, -0.15) is 5.10 Å². The van der Waals surface area contributed by atoms with E-state index < -0.39 is 0 Å². The standard InChI is InChI=1S/C22H20N2O2S/c1-17(27-21-13-6-3-7-14-21)22(25)24-23-16-18-9-8-12-20(15-18)26-19-10-4-2-5-11-19/h2-17H,1H3,(H,24,25)/b23-16-/t17-/m1/s1. The van der Waals surface area contributed by atoms with E-state index in [4.69, 9.17) is 4.74 Å². The Morgan fingerprint density at radius 3 is 2.37 bits per heavy atom. The van der Waals surface area contributed by atoms with Gasteiger partial charge >= 0.3 is 0 Å². The van der Waals surface area contributed by atoms with Crippen molar-refractivity contribution in [3.8, 4) is 11.5 Å². The van der Waals surface area contributed by atoms with Crippen LogP contribution >= 0.6 is 11.8 Å². The van der Waals surface area contributed by atoms with Gasteiger partial charge in [0.2, 0.25) is 0 Å². The predicted molar refractivity (Wildman–Crippen MR) is 110 cm³/mol. The molecule has 0 aromatic heterocycles. The van der Waals surface area contributed by atoms with E-state index in [1.54, 1.807) is 6.21 Å². The Morgan fingerprint density at radius 1 is 0.963 bits per heavy atom. The number of hydrogen-bond acceptors (Lipinski definition) is 4. The van der Waals surface area contributed by atoms with Crippen LogP contribution < -0.4 is 10.2 Å². The number of para-hydroxylation sites is 1. The van der Waals surface area contributed by atoms with Gasteiger partial charge in [0.05, 0.1) is 11.5 Å². The maximum absolute atomic E-state index is 12.2. The van der Waals surface area contributed by atoms with Crippen LogP contribution in [0.1, 0.15) is 12.5 Å². The van der Waals surface area contributed by atoms with Crippen LogP contribution in [0.25, 0.3) is 0 Å². The molecule has 0 heterocycles. The van der Waals surface area contributed by atoms with E-state index in [-0.39, 0.29) is 11.2 Å². The Labute approximate surface area is 163 Å². The van der Waals surface area contributed by atoms with Crippen molar-refractivity contribution < 1.29 is 9.53 Å². The number of carbonyl (C=O) groups excluding carboxylic acids is 1. The van der Waals surface area contributed by atoms with E-state index >= 15 is 0 Å². The summed E-state index contributed by atoms with van der Waals surface area (Å²) in [6, 6.07) is 26.9. The lowest BCUT2D eigenvalue weighted by Crippen LogP contribution is -2.26. The Kier molecular flexibility index (Phi) is 6.66. The molecule has 0 saturated heterocycles. The lowest BCUT2D eigenvalue weighted by Gasteiger charge is -2.09. The molecule has 0 unspecified atom stereocenters. The minimum absolute atomic E-state index is 0.142. The van der Waals surface area contributed by atoms with Gasteiger partial charge in [-0.15, -0.1) is 11.8 Å². The number of amides is 1. The van der Waals surface area contributed by atoms with E-state index in [1.807, 2.05) is 91.9 Å². The van der Waals surface area contributed by atoms with Crippen LogP contribution in [0.3, 0.4) is 0 Å². The summed E-state index contributed by atoms with van der Waals surface area (Å²) in [6.07, 6.45) is 1.61. The van der Waals surface area contributed by atoms with Crippen molar-refractivity contribution in [3.63, 3.8) is 0 Å². The molecule has 4 nitrogen and oxygen atoms in total. The maximum Gasteiger partial charge on any atom is 0.253 e. The van der Waals surface area contributed by atoms with Gasteiger partial charge in [-0.3, -0.25) is 4.79 Å². The number of hydrazone groups is 1. The lowest BCUT2D eigenvalue weighted by molar-refractivity contribution is -0.120. The summed E-state index contributed by atoms with van der Waals surface area (Å²) < 4.78 is 5.80. The number of nitrogens with zero attached hydrogens (tertiary/aromatic N) is 1. The second-order valence-electron chi connectivity index (χ2n) is 5.79. The van der Waals surface area contributed by atoms with Gasteiger partial charge in [0, 0.05) is 4.90 Å². The van der Waals surface area contributed by atoms with Gasteiger partial charge in [0.25, 0.3) is 5.91 Å². The molecule has 3 aromatic rings. The quantitative estimate of drug-likeness (QED) is 0.354. The van der Waals surface area contributed by atoms with Crippen LogP contribution in [0, 0.1) is 0 Å². The van der Waals surface area contributed by atoms with Gasteiger partial charge in [-0.05, 0) is 48.9 Å². The Bertz CT molecular complexity index is 898. The molecule has 1 atom stereocenters. The molecule has 27 heavy (non-hydrogen) atoms. The maximum atomic E-state index is 12.2. The molecule has 0 radical (unpaired) electrons. The fraction of sp³-hybridized carbons (Fsp3) is 0.0909. The zero-order valence-corrected chi connectivity index (χ0v) is 15.7. The molecule has 1 N–H and O–H groups in total. The minimum atomic E-state index is -0.239. The van der Waals surface area contributed by atoms with E-state index in [2.05, 4.69) is 10.5 Å². The van der Waals surface area contributed by atoms with Gasteiger partial charge in [0.15, 0.2) is 0 Å². The third-order valence-corrected chi connectivity index (χ3v) is 4.76. The second-order valence-corrected chi connectivity index (χ2v) is 7.21. The molecular formula is C22H20N2O2S. The van der Waals surface area contributed by atoms with Crippen molar-refractivity contribution in [1.82, 2.24) is 5.43 Å². The number of nitrogens with one attached hydrogen (secondary N) is 1. The topological polar surface area (TPSA) is 50.7 Å². The summed E-state index contributed by atoms with van der Waals surface area (Å²) in [4.78, 5) is 13.2. The summed E-state index contributed by atoms with van der Waals surface area (Å²) in [7, 11) is 0. The molecule has 136 valence electrons. The molecule has 0 aliphatic heterocycles. The van der Waals surface area contributed by atoms with Crippen LogP contribution in [0.15, 0.2) is 94.9 Å². The van der Waals surface area contributed by atoms with Crippen LogP contribution in [-0.2, 0) is 4.79 Å². The van der Waals surface area contributed by atoms with Crippen LogP contribution in [0.5, 0.6) is 11.5 Å². The highest BCUT2D eigenvalue weighted by Crippen LogP contribution is 2.23. The molecule has 1 amide bonds. The zero-order chi connectivity index (χ0) is 18.9. The molecule has 5 heteroatoms. The van der Waals surface area contributed by atoms with Gasteiger partial charge in [-0.1, -0.05) is 48.5 Å². The third kappa shape index (κ3) is 6.01. The molecule has 3 aromatic carbocycles. The average molecular weight is 376 g/mol. The Hall–Kier alpha value is -3.05. The van der Waals surface area contributed by atoms with Crippen molar-refractivity contribution in [2.75, 3.05) is 0 Å². The fourth-order valence-electron chi connectivity index (χ4n) is 2.30. The summed E-state index contributed by atoms with van der Waals surface area (Å²) in [5.74, 6) is 1.34. The first-order chi connectivity index (χ1) is 13.2. The van der Waals surface area contributed by atoms with E-state index in [1.165, 1.54) is 11.8 Å². The van der Waals surface area contributed by atoms with Gasteiger partial charge in [0.1, 0.15) is 11.5 Å². The SMILES string of the molecule is C[C@@H](Sc1ccccc1)C(=O)N/N=C\c1cccc(Oc2ccccc2)c1. The molecule has 0 aliphatic carbocycles. The molecule has 0 spiro atoms. The molecular weight excluding hydrogens is 356 g/mol.